The molecule has 0 radical (unpaired) electrons. The summed E-state index contributed by atoms with van der Waals surface area (Å²) in [6, 6.07) is 0.254. The number of hydrogen-bond acceptors (Lipinski definition) is 3. The first-order valence-electron chi connectivity index (χ1n) is 9.39. The highest BCUT2D eigenvalue weighted by molar-refractivity contribution is 5.97. The number of nitrogens with zero attached hydrogens (tertiary/aromatic N) is 2. The third-order valence-corrected chi connectivity index (χ3v) is 5.01. The summed E-state index contributed by atoms with van der Waals surface area (Å²) >= 11 is 0. The van der Waals surface area contributed by atoms with Crippen LogP contribution < -0.4 is 10.6 Å². The zero-order valence-corrected chi connectivity index (χ0v) is 14.6. The summed E-state index contributed by atoms with van der Waals surface area (Å²) in [5.41, 5.74) is 1.39. The molecule has 2 N–H and O–H groups in total. The molecule has 3 rings (SSSR count). The van der Waals surface area contributed by atoms with E-state index in [0.717, 1.165) is 50.8 Å². The molecule has 1 aromatic heterocycles. The van der Waals surface area contributed by atoms with Crippen LogP contribution in [-0.2, 0) is 13.0 Å². The van der Waals surface area contributed by atoms with Crippen molar-refractivity contribution in [2.75, 3.05) is 6.54 Å². The number of aromatic nitrogens is 2. The molecule has 6 nitrogen and oxygen atoms in total. The summed E-state index contributed by atoms with van der Waals surface area (Å²) in [4.78, 5) is 29.5. The largest absolute Gasteiger partial charge is 0.349 e. The Morgan fingerprint density at radius 1 is 1.12 bits per heavy atom. The standard InChI is InChI=1S/C18H28N4O2/c1-2-11-19-18(24)16-21-15(14-10-6-7-12-22(14)16)17(23)20-13-8-4-3-5-9-13/h13H,2-12H2,1H3,(H,19,24)(H,20,23). The molecule has 0 atom stereocenters. The molecule has 132 valence electrons. The van der Waals surface area contributed by atoms with E-state index in [1.165, 1.54) is 19.3 Å². The molecule has 24 heavy (non-hydrogen) atoms. The first-order chi connectivity index (χ1) is 11.7. The first kappa shape index (κ1) is 17.0. The Morgan fingerprint density at radius 3 is 2.67 bits per heavy atom. The van der Waals surface area contributed by atoms with Gasteiger partial charge >= 0.3 is 0 Å². The van der Waals surface area contributed by atoms with E-state index in [-0.39, 0.29) is 17.9 Å². The third kappa shape index (κ3) is 3.62. The molecule has 2 amide bonds. The van der Waals surface area contributed by atoms with Crippen LogP contribution in [0.25, 0.3) is 0 Å². The van der Waals surface area contributed by atoms with Crippen LogP contribution in [0.3, 0.4) is 0 Å². The fraction of sp³-hybridized carbons (Fsp3) is 0.722. The highest BCUT2D eigenvalue weighted by Gasteiger charge is 2.28. The third-order valence-electron chi connectivity index (χ3n) is 5.01. The van der Waals surface area contributed by atoms with Crippen molar-refractivity contribution in [3.63, 3.8) is 0 Å². The molecule has 1 saturated carbocycles. The Balaban J connectivity index is 1.80. The molecule has 6 heteroatoms. The van der Waals surface area contributed by atoms with E-state index >= 15 is 0 Å². The number of fused-ring (bicyclic) bond motifs is 1. The summed E-state index contributed by atoms with van der Waals surface area (Å²) in [6.45, 7) is 3.42. The van der Waals surface area contributed by atoms with Gasteiger partial charge in [-0.3, -0.25) is 9.59 Å². The summed E-state index contributed by atoms with van der Waals surface area (Å²) < 4.78 is 1.95. The summed E-state index contributed by atoms with van der Waals surface area (Å²) in [6.07, 6.45) is 9.49. The van der Waals surface area contributed by atoms with Gasteiger partial charge in [0.25, 0.3) is 11.8 Å². The van der Waals surface area contributed by atoms with Gasteiger partial charge in [-0.25, -0.2) is 4.98 Å². The van der Waals surface area contributed by atoms with Gasteiger partial charge in [0.15, 0.2) is 5.82 Å². The van der Waals surface area contributed by atoms with E-state index in [1.54, 1.807) is 0 Å². The summed E-state index contributed by atoms with van der Waals surface area (Å²) in [5, 5.41) is 6.01. The van der Waals surface area contributed by atoms with Crippen molar-refractivity contribution >= 4 is 11.8 Å². The lowest BCUT2D eigenvalue weighted by atomic mass is 9.95. The van der Waals surface area contributed by atoms with Gasteiger partial charge in [0.2, 0.25) is 0 Å². The SMILES string of the molecule is CCCNC(=O)c1nc(C(=O)NC2CCCCC2)c2n1CCCC2. The van der Waals surface area contributed by atoms with Crippen molar-refractivity contribution in [3.8, 4) is 0 Å². The van der Waals surface area contributed by atoms with Crippen LogP contribution in [0.4, 0.5) is 0 Å². The normalized spacial score (nSPS) is 18.0. The number of hydrogen-bond donors (Lipinski definition) is 2. The maximum absolute atomic E-state index is 12.7. The Morgan fingerprint density at radius 2 is 1.92 bits per heavy atom. The Hall–Kier alpha value is -1.85. The Kier molecular flexibility index (Phi) is 5.53. The van der Waals surface area contributed by atoms with Crippen LogP contribution in [-0.4, -0.2) is 34.0 Å². The highest BCUT2D eigenvalue weighted by Crippen LogP contribution is 2.22. The van der Waals surface area contributed by atoms with Crippen LogP contribution in [0, 0.1) is 0 Å². The molecule has 0 saturated heterocycles. The molecule has 0 unspecified atom stereocenters. The first-order valence-corrected chi connectivity index (χ1v) is 9.39. The van der Waals surface area contributed by atoms with Gasteiger partial charge in [-0.1, -0.05) is 26.2 Å². The van der Waals surface area contributed by atoms with Crippen LogP contribution >= 0.6 is 0 Å². The highest BCUT2D eigenvalue weighted by atomic mass is 16.2. The summed E-state index contributed by atoms with van der Waals surface area (Å²) in [5.74, 6) is 0.116. The second-order valence-corrected chi connectivity index (χ2v) is 6.90. The molecule has 0 spiro atoms. The van der Waals surface area contributed by atoms with Gasteiger partial charge in [-0.15, -0.1) is 0 Å². The van der Waals surface area contributed by atoms with Gasteiger partial charge in [0.1, 0.15) is 5.69 Å². The van der Waals surface area contributed by atoms with Crippen molar-refractivity contribution in [2.45, 2.75) is 77.3 Å². The number of imidazole rings is 1. The van der Waals surface area contributed by atoms with E-state index < -0.39 is 0 Å². The smallest absolute Gasteiger partial charge is 0.287 e. The van der Waals surface area contributed by atoms with E-state index in [2.05, 4.69) is 15.6 Å². The maximum Gasteiger partial charge on any atom is 0.287 e. The fourth-order valence-corrected chi connectivity index (χ4v) is 3.72. The molecule has 0 aromatic carbocycles. The molecule has 2 aliphatic rings. The van der Waals surface area contributed by atoms with E-state index in [0.29, 0.717) is 18.1 Å². The molecule has 1 aromatic rings. The zero-order chi connectivity index (χ0) is 16.9. The molecule has 1 aliphatic heterocycles. The quantitative estimate of drug-likeness (QED) is 0.869. The predicted molar refractivity (Wildman–Crippen MR) is 92.1 cm³/mol. The average Bonchev–Trinajstić information content (AvgIpc) is 3.00. The van der Waals surface area contributed by atoms with Gasteiger partial charge in [-0.2, -0.15) is 0 Å². The van der Waals surface area contributed by atoms with Crippen LogP contribution in [0.1, 0.15) is 85.1 Å². The van der Waals surface area contributed by atoms with Crippen molar-refractivity contribution < 1.29 is 9.59 Å². The van der Waals surface area contributed by atoms with E-state index in [9.17, 15) is 9.59 Å². The van der Waals surface area contributed by atoms with Crippen LogP contribution in [0.5, 0.6) is 0 Å². The number of carbonyl (C=O) groups excluding carboxylic acids is 2. The Labute approximate surface area is 143 Å². The van der Waals surface area contributed by atoms with Gasteiger partial charge in [0, 0.05) is 19.1 Å². The van der Waals surface area contributed by atoms with Gasteiger partial charge < -0.3 is 15.2 Å². The fourth-order valence-electron chi connectivity index (χ4n) is 3.72. The maximum atomic E-state index is 12.7. The molecule has 1 aliphatic carbocycles. The minimum Gasteiger partial charge on any atom is -0.349 e. The van der Waals surface area contributed by atoms with Gasteiger partial charge in [-0.05, 0) is 38.5 Å². The minimum atomic E-state index is -0.170. The van der Waals surface area contributed by atoms with Crippen LogP contribution in [0.2, 0.25) is 0 Å². The number of amides is 2. The number of nitrogens with one attached hydrogen (secondary N) is 2. The lowest BCUT2D eigenvalue weighted by Gasteiger charge is -2.23. The second-order valence-electron chi connectivity index (χ2n) is 6.90. The van der Waals surface area contributed by atoms with Crippen molar-refractivity contribution in [1.82, 2.24) is 20.2 Å². The monoisotopic (exact) mass is 332 g/mol. The molecule has 2 heterocycles. The minimum absolute atomic E-state index is 0.109. The topological polar surface area (TPSA) is 76.0 Å². The zero-order valence-electron chi connectivity index (χ0n) is 14.6. The second kappa shape index (κ2) is 7.81. The van der Waals surface area contributed by atoms with E-state index in [1.807, 2.05) is 11.5 Å². The molecular formula is C18H28N4O2. The summed E-state index contributed by atoms with van der Waals surface area (Å²) in [7, 11) is 0. The van der Waals surface area contributed by atoms with Crippen molar-refractivity contribution in [1.29, 1.82) is 0 Å². The average molecular weight is 332 g/mol. The molecule has 1 fully saturated rings. The number of rotatable bonds is 5. The van der Waals surface area contributed by atoms with E-state index in [4.69, 9.17) is 0 Å². The number of carbonyl (C=O) groups is 2. The van der Waals surface area contributed by atoms with Crippen LogP contribution in [0.15, 0.2) is 0 Å². The molecule has 0 bridgehead atoms. The van der Waals surface area contributed by atoms with Crippen molar-refractivity contribution in [3.05, 3.63) is 17.2 Å². The lowest BCUT2D eigenvalue weighted by Crippen LogP contribution is -2.37. The predicted octanol–water partition coefficient (Wildman–Crippen LogP) is 2.42. The lowest BCUT2D eigenvalue weighted by molar-refractivity contribution is 0.0921. The van der Waals surface area contributed by atoms with Crippen molar-refractivity contribution in [2.24, 2.45) is 0 Å². The van der Waals surface area contributed by atoms with Gasteiger partial charge in [0.05, 0.1) is 5.69 Å². The Bertz CT molecular complexity index is 602. The molecular weight excluding hydrogens is 304 g/mol.